The molecular weight excluding hydrogens is 356 g/mol. The number of nitrogens with two attached hydrogens (primary N) is 1. The topological polar surface area (TPSA) is 144 Å². The molecular formula is C17H21ClN6O2. The lowest BCUT2D eigenvalue weighted by Crippen LogP contribution is -2.30. The Bertz CT molecular complexity index is 884. The molecule has 1 aliphatic heterocycles. The van der Waals surface area contributed by atoms with E-state index in [0.717, 1.165) is 43.0 Å². The molecule has 9 heteroatoms. The Labute approximate surface area is 155 Å². The average Bonchev–Trinajstić information content (AvgIpc) is 2.62. The summed E-state index contributed by atoms with van der Waals surface area (Å²) in [5.41, 5.74) is 8.81. The van der Waals surface area contributed by atoms with Gasteiger partial charge in [-0.05, 0) is 31.4 Å². The minimum Gasteiger partial charge on any atom is -0.412 e. The van der Waals surface area contributed by atoms with Crippen LogP contribution in [0.3, 0.4) is 0 Å². The fourth-order valence-corrected chi connectivity index (χ4v) is 3.12. The monoisotopic (exact) mass is 376 g/mol. The Hall–Kier alpha value is -2.55. The predicted octanol–water partition coefficient (Wildman–Crippen LogP) is 1.66. The van der Waals surface area contributed by atoms with Crippen molar-refractivity contribution in [2.24, 2.45) is 0 Å². The van der Waals surface area contributed by atoms with Gasteiger partial charge in [-0.2, -0.15) is 9.97 Å². The quantitative estimate of drug-likeness (QED) is 0.720. The van der Waals surface area contributed by atoms with E-state index in [1.165, 1.54) is 6.42 Å². The number of aromatic nitrogens is 4. The highest BCUT2D eigenvalue weighted by Gasteiger charge is 2.18. The van der Waals surface area contributed by atoms with Gasteiger partial charge in [0, 0.05) is 23.7 Å². The molecule has 0 saturated carbocycles. The van der Waals surface area contributed by atoms with E-state index in [1.54, 1.807) is 6.20 Å². The molecule has 1 fully saturated rings. The zero-order chi connectivity index (χ0) is 16.5. The van der Waals surface area contributed by atoms with E-state index in [0.29, 0.717) is 16.2 Å². The van der Waals surface area contributed by atoms with E-state index >= 15 is 0 Å². The van der Waals surface area contributed by atoms with E-state index in [1.807, 2.05) is 24.3 Å². The first-order valence-corrected chi connectivity index (χ1v) is 8.40. The van der Waals surface area contributed by atoms with Crippen molar-refractivity contribution >= 4 is 34.5 Å². The minimum absolute atomic E-state index is 0. The number of hydrogen-bond acceptors (Lipinski definition) is 6. The van der Waals surface area contributed by atoms with Crippen molar-refractivity contribution in [3.8, 4) is 11.3 Å². The Morgan fingerprint density at radius 2 is 1.62 bits per heavy atom. The van der Waals surface area contributed by atoms with Gasteiger partial charge in [-0.15, -0.1) is 0 Å². The standard InChI is InChI=1S/C17H17ClN6.2H2O/c18-12-6-4-11(5-7-12)13-10-20-15-14(21-13)16(23-17(19)22-15)24-8-2-1-3-9-24;;/h4-7,10H,1-3,8-9H2,(H2,19,20,22,23);2*1H2. The normalized spacial score (nSPS) is 13.8. The first-order valence-electron chi connectivity index (χ1n) is 8.02. The highest BCUT2D eigenvalue weighted by molar-refractivity contribution is 6.30. The lowest BCUT2D eigenvalue weighted by molar-refractivity contribution is 0.574. The SMILES string of the molecule is Nc1nc(N2CCCCC2)c2nc(-c3ccc(Cl)cc3)cnc2n1.O.O. The predicted molar refractivity (Wildman–Crippen MR) is 103 cm³/mol. The molecule has 0 aliphatic carbocycles. The van der Waals surface area contributed by atoms with Crippen LogP contribution in [0.1, 0.15) is 19.3 Å². The Balaban J connectivity index is 0.00000121. The zero-order valence-corrected chi connectivity index (χ0v) is 14.9. The van der Waals surface area contributed by atoms with E-state index in [-0.39, 0.29) is 16.9 Å². The molecule has 3 aromatic rings. The molecule has 4 rings (SSSR count). The van der Waals surface area contributed by atoms with Crippen LogP contribution in [0.2, 0.25) is 5.02 Å². The van der Waals surface area contributed by atoms with Crippen molar-refractivity contribution in [2.45, 2.75) is 19.3 Å². The summed E-state index contributed by atoms with van der Waals surface area (Å²) in [6.07, 6.45) is 5.25. The molecule has 138 valence electrons. The first kappa shape index (κ1) is 19.8. The minimum atomic E-state index is 0. The van der Waals surface area contributed by atoms with Crippen LogP contribution in [0.15, 0.2) is 30.5 Å². The van der Waals surface area contributed by atoms with Gasteiger partial charge in [-0.1, -0.05) is 23.7 Å². The number of halogens is 1. The van der Waals surface area contributed by atoms with Crippen LogP contribution in [0.25, 0.3) is 22.4 Å². The third-order valence-corrected chi connectivity index (χ3v) is 4.45. The lowest BCUT2D eigenvalue weighted by atomic mass is 10.1. The number of fused-ring (bicyclic) bond motifs is 1. The summed E-state index contributed by atoms with van der Waals surface area (Å²) in [5, 5.41) is 0.692. The molecule has 2 aromatic heterocycles. The van der Waals surface area contributed by atoms with Crippen LogP contribution in [0.5, 0.6) is 0 Å². The molecule has 3 heterocycles. The smallest absolute Gasteiger partial charge is 0.224 e. The van der Waals surface area contributed by atoms with Gasteiger partial charge in [-0.25, -0.2) is 9.97 Å². The van der Waals surface area contributed by atoms with Crippen molar-refractivity contribution in [3.63, 3.8) is 0 Å². The van der Waals surface area contributed by atoms with Gasteiger partial charge in [0.25, 0.3) is 0 Å². The number of piperidine rings is 1. The highest BCUT2D eigenvalue weighted by atomic mass is 35.5. The number of hydrogen-bond donors (Lipinski definition) is 1. The summed E-state index contributed by atoms with van der Waals surface area (Å²) in [6.45, 7) is 1.91. The molecule has 1 aromatic carbocycles. The van der Waals surface area contributed by atoms with Gasteiger partial charge >= 0.3 is 0 Å². The molecule has 0 bridgehead atoms. The maximum atomic E-state index is 5.96. The molecule has 0 spiro atoms. The van der Waals surface area contributed by atoms with Crippen molar-refractivity contribution < 1.29 is 11.0 Å². The van der Waals surface area contributed by atoms with Crippen LogP contribution >= 0.6 is 11.6 Å². The molecule has 1 saturated heterocycles. The summed E-state index contributed by atoms with van der Waals surface area (Å²) in [6, 6.07) is 7.54. The molecule has 0 amide bonds. The molecule has 6 N–H and O–H groups in total. The molecule has 0 atom stereocenters. The summed E-state index contributed by atoms with van der Waals surface area (Å²) in [5.74, 6) is 1.01. The van der Waals surface area contributed by atoms with Gasteiger partial charge in [0.1, 0.15) is 0 Å². The Morgan fingerprint density at radius 3 is 2.31 bits per heavy atom. The number of rotatable bonds is 2. The van der Waals surface area contributed by atoms with Crippen molar-refractivity contribution in [1.82, 2.24) is 19.9 Å². The summed E-state index contributed by atoms with van der Waals surface area (Å²) in [7, 11) is 0. The van der Waals surface area contributed by atoms with E-state index in [9.17, 15) is 0 Å². The second-order valence-electron chi connectivity index (χ2n) is 5.89. The van der Waals surface area contributed by atoms with Gasteiger partial charge in [0.05, 0.1) is 11.9 Å². The van der Waals surface area contributed by atoms with Crippen LogP contribution in [0.4, 0.5) is 11.8 Å². The lowest BCUT2D eigenvalue weighted by Gasteiger charge is -2.28. The molecule has 8 nitrogen and oxygen atoms in total. The summed E-state index contributed by atoms with van der Waals surface area (Å²) in [4.78, 5) is 20.1. The molecule has 0 unspecified atom stereocenters. The zero-order valence-electron chi connectivity index (χ0n) is 14.1. The maximum absolute atomic E-state index is 5.96. The Kier molecular flexibility index (Phi) is 6.25. The van der Waals surface area contributed by atoms with Gasteiger partial charge in [0.15, 0.2) is 17.0 Å². The largest absolute Gasteiger partial charge is 0.412 e. The third-order valence-electron chi connectivity index (χ3n) is 4.20. The number of anilines is 2. The average molecular weight is 377 g/mol. The maximum Gasteiger partial charge on any atom is 0.224 e. The second kappa shape index (κ2) is 8.22. The molecule has 1 aliphatic rings. The van der Waals surface area contributed by atoms with Crippen LogP contribution < -0.4 is 10.6 Å². The fraction of sp³-hybridized carbons (Fsp3) is 0.294. The number of nitrogen functional groups attached to an aromatic ring is 1. The van der Waals surface area contributed by atoms with E-state index < -0.39 is 0 Å². The van der Waals surface area contributed by atoms with Crippen molar-refractivity contribution in [1.29, 1.82) is 0 Å². The second-order valence-corrected chi connectivity index (χ2v) is 6.32. The summed E-state index contributed by atoms with van der Waals surface area (Å²) < 4.78 is 0. The van der Waals surface area contributed by atoms with Crippen LogP contribution in [-0.2, 0) is 0 Å². The van der Waals surface area contributed by atoms with Crippen LogP contribution in [0, 0.1) is 0 Å². The third kappa shape index (κ3) is 3.82. The van der Waals surface area contributed by atoms with Gasteiger partial charge < -0.3 is 21.6 Å². The van der Waals surface area contributed by atoms with Crippen molar-refractivity contribution in [3.05, 3.63) is 35.5 Å². The van der Waals surface area contributed by atoms with Gasteiger partial charge in [0.2, 0.25) is 5.95 Å². The first-order chi connectivity index (χ1) is 11.7. The summed E-state index contributed by atoms with van der Waals surface area (Å²) >= 11 is 5.96. The van der Waals surface area contributed by atoms with Crippen LogP contribution in [-0.4, -0.2) is 44.0 Å². The molecule has 26 heavy (non-hydrogen) atoms. The fourth-order valence-electron chi connectivity index (χ4n) is 3.00. The van der Waals surface area contributed by atoms with Crippen molar-refractivity contribution in [2.75, 3.05) is 23.7 Å². The number of nitrogens with zero attached hydrogens (tertiary/aromatic N) is 5. The van der Waals surface area contributed by atoms with Gasteiger partial charge in [-0.3, -0.25) is 0 Å². The van der Waals surface area contributed by atoms with E-state index in [4.69, 9.17) is 22.3 Å². The molecule has 0 radical (unpaired) electrons. The Morgan fingerprint density at radius 1 is 0.923 bits per heavy atom. The number of benzene rings is 1. The highest BCUT2D eigenvalue weighted by Crippen LogP contribution is 2.27. The van der Waals surface area contributed by atoms with E-state index in [2.05, 4.69) is 19.9 Å².